The molecule has 0 unspecified atom stereocenters. The second kappa shape index (κ2) is 8.06. The van der Waals surface area contributed by atoms with Gasteiger partial charge in [0.05, 0.1) is 22.6 Å². The van der Waals surface area contributed by atoms with Crippen molar-refractivity contribution in [2.45, 2.75) is 26.6 Å². The van der Waals surface area contributed by atoms with Gasteiger partial charge in [0.1, 0.15) is 0 Å². The number of aromatic nitrogens is 3. The van der Waals surface area contributed by atoms with Gasteiger partial charge in [0.2, 0.25) is 0 Å². The Morgan fingerprint density at radius 1 is 0.667 bits per heavy atom. The average Bonchev–Trinajstić information content (AvgIpc) is 2.70. The van der Waals surface area contributed by atoms with Crippen LogP contribution in [0, 0.1) is 6.92 Å². The number of benzene rings is 1. The molecule has 3 heterocycles. The van der Waals surface area contributed by atoms with Gasteiger partial charge in [0.15, 0.2) is 0 Å². The number of fused-ring (bicyclic) bond motifs is 1. The van der Waals surface area contributed by atoms with E-state index < -0.39 is 0 Å². The van der Waals surface area contributed by atoms with Crippen LogP contribution in [0.15, 0.2) is 79.1 Å². The van der Waals surface area contributed by atoms with Crippen molar-refractivity contribution >= 4 is 10.9 Å². The van der Waals surface area contributed by atoms with Crippen molar-refractivity contribution in [1.82, 2.24) is 19.9 Å². The fourth-order valence-electron chi connectivity index (χ4n) is 3.26. The molecule has 0 aliphatic heterocycles. The van der Waals surface area contributed by atoms with Gasteiger partial charge in [-0.1, -0.05) is 36.4 Å². The molecule has 0 atom stereocenters. The number of pyridine rings is 3. The quantitative estimate of drug-likeness (QED) is 0.510. The second-order valence-corrected chi connectivity index (χ2v) is 6.74. The topological polar surface area (TPSA) is 41.9 Å². The highest BCUT2D eigenvalue weighted by Gasteiger charge is 2.11. The van der Waals surface area contributed by atoms with Crippen molar-refractivity contribution in [1.29, 1.82) is 0 Å². The van der Waals surface area contributed by atoms with Crippen molar-refractivity contribution in [3.8, 4) is 0 Å². The van der Waals surface area contributed by atoms with Crippen molar-refractivity contribution in [3.63, 3.8) is 0 Å². The molecule has 0 bridgehead atoms. The van der Waals surface area contributed by atoms with Crippen LogP contribution in [0.4, 0.5) is 0 Å². The molecule has 4 aromatic rings. The van der Waals surface area contributed by atoms with Crippen LogP contribution >= 0.6 is 0 Å². The van der Waals surface area contributed by atoms with E-state index in [-0.39, 0.29) is 0 Å². The van der Waals surface area contributed by atoms with Crippen LogP contribution in [0.1, 0.15) is 22.6 Å². The maximum absolute atomic E-state index is 4.92. The van der Waals surface area contributed by atoms with Crippen LogP contribution < -0.4 is 0 Å². The summed E-state index contributed by atoms with van der Waals surface area (Å²) < 4.78 is 0. The minimum absolute atomic E-state index is 0.747. The van der Waals surface area contributed by atoms with Gasteiger partial charge >= 0.3 is 0 Å². The SMILES string of the molecule is Cc1cccc2ccc(CN(Cc3ccccn3)Cc3ccccn3)nc12. The molecular formula is C23H22N4. The molecule has 0 fully saturated rings. The Morgan fingerprint density at radius 2 is 1.33 bits per heavy atom. The number of aryl methyl sites for hydroxylation is 1. The minimum atomic E-state index is 0.747. The Labute approximate surface area is 159 Å². The summed E-state index contributed by atoms with van der Waals surface area (Å²) in [5, 5.41) is 1.18. The van der Waals surface area contributed by atoms with Gasteiger partial charge in [-0.15, -0.1) is 0 Å². The predicted octanol–water partition coefficient (Wildman–Crippen LogP) is 4.54. The molecule has 0 saturated carbocycles. The molecule has 4 heteroatoms. The number of nitrogens with zero attached hydrogens (tertiary/aromatic N) is 4. The van der Waals surface area contributed by atoms with Gasteiger partial charge in [-0.05, 0) is 42.8 Å². The molecule has 4 rings (SSSR count). The van der Waals surface area contributed by atoms with Gasteiger partial charge in [-0.25, -0.2) is 0 Å². The molecular weight excluding hydrogens is 332 g/mol. The fraction of sp³-hybridized carbons (Fsp3) is 0.174. The number of para-hydroxylation sites is 1. The lowest BCUT2D eigenvalue weighted by Gasteiger charge is -2.21. The monoisotopic (exact) mass is 354 g/mol. The first-order chi connectivity index (χ1) is 13.3. The Bertz CT molecular complexity index is 975. The summed E-state index contributed by atoms with van der Waals surface area (Å²) in [6.07, 6.45) is 3.68. The summed E-state index contributed by atoms with van der Waals surface area (Å²) in [7, 11) is 0. The number of hydrogen-bond donors (Lipinski definition) is 0. The Morgan fingerprint density at radius 3 is 1.96 bits per heavy atom. The normalized spacial score (nSPS) is 11.2. The van der Waals surface area contributed by atoms with E-state index in [4.69, 9.17) is 4.98 Å². The Hall–Kier alpha value is -3.11. The average molecular weight is 354 g/mol. The van der Waals surface area contributed by atoms with Crippen LogP contribution in [0.25, 0.3) is 10.9 Å². The smallest absolute Gasteiger partial charge is 0.0735 e. The molecule has 27 heavy (non-hydrogen) atoms. The van der Waals surface area contributed by atoms with E-state index in [0.29, 0.717) is 0 Å². The third kappa shape index (κ3) is 4.36. The van der Waals surface area contributed by atoms with Crippen molar-refractivity contribution in [2.75, 3.05) is 0 Å². The lowest BCUT2D eigenvalue weighted by molar-refractivity contribution is 0.239. The molecule has 0 saturated heterocycles. The van der Waals surface area contributed by atoms with Crippen LogP contribution in [0.2, 0.25) is 0 Å². The number of rotatable bonds is 6. The minimum Gasteiger partial charge on any atom is -0.286 e. The van der Waals surface area contributed by atoms with E-state index >= 15 is 0 Å². The highest BCUT2D eigenvalue weighted by molar-refractivity contribution is 5.81. The third-order valence-corrected chi connectivity index (χ3v) is 4.59. The van der Waals surface area contributed by atoms with Gasteiger partial charge < -0.3 is 0 Å². The maximum atomic E-state index is 4.92. The van der Waals surface area contributed by atoms with E-state index in [1.165, 1.54) is 10.9 Å². The maximum Gasteiger partial charge on any atom is 0.0735 e. The molecule has 0 radical (unpaired) electrons. The zero-order valence-electron chi connectivity index (χ0n) is 15.4. The molecule has 1 aromatic carbocycles. The van der Waals surface area contributed by atoms with E-state index in [1.807, 2.05) is 36.7 Å². The largest absolute Gasteiger partial charge is 0.286 e. The Balaban J connectivity index is 1.61. The van der Waals surface area contributed by atoms with E-state index in [1.54, 1.807) is 0 Å². The first-order valence-electron chi connectivity index (χ1n) is 9.15. The molecule has 0 amide bonds. The van der Waals surface area contributed by atoms with E-state index in [0.717, 1.165) is 42.2 Å². The molecule has 134 valence electrons. The molecule has 0 spiro atoms. The van der Waals surface area contributed by atoms with Crippen LogP contribution in [0.5, 0.6) is 0 Å². The summed E-state index contributed by atoms with van der Waals surface area (Å²) in [6, 6.07) is 22.6. The molecule has 4 nitrogen and oxygen atoms in total. The van der Waals surface area contributed by atoms with E-state index in [2.05, 4.69) is 64.3 Å². The third-order valence-electron chi connectivity index (χ3n) is 4.59. The Kier molecular flexibility index (Phi) is 5.17. The second-order valence-electron chi connectivity index (χ2n) is 6.74. The summed E-state index contributed by atoms with van der Waals surface area (Å²) in [4.78, 5) is 16.2. The van der Waals surface area contributed by atoms with E-state index in [9.17, 15) is 0 Å². The summed E-state index contributed by atoms with van der Waals surface area (Å²) >= 11 is 0. The standard InChI is InChI=1S/C23H22N4/c1-18-7-6-8-19-11-12-22(26-23(18)19)17-27(15-20-9-2-4-13-24-20)16-21-10-3-5-14-25-21/h2-14H,15-17H2,1H3. The lowest BCUT2D eigenvalue weighted by atomic mass is 10.1. The van der Waals surface area contributed by atoms with Gasteiger partial charge in [0, 0.05) is 37.4 Å². The number of hydrogen-bond acceptors (Lipinski definition) is 4. The predicted molar refractivity (Wildman–Crippen MR) is 108 cm³/mol. The molecule has 0 N–H and O–H groups in total. The van der Waals surface area contributed by atoms with Crippen molar-refractivity contribution in [2.24, 2.45) is 0 Å². The van der Waals surface area contributed by atoms with Crippen LogP contribution in [-0.2, 0) is 19.6 Å². The zero-order valence-corrected chi connectivity index (χ0v) is 15.4. The van der Waals surface area contributed by atoms with Gasteiger partial charge in [-0.2, -0.15) is 0 Å². The summed E-state index contributed by atoms with van der Waals surface area (Å²) in [6.45, 7) is 4.37. The summed E-state index contributed by atoms with van der Waals surface area (Å²) in [5.41, 5.74) is 5.43. The fourth-order valence-corrected chi connectivity index (χ4v) is 3.26. The van der Waals surface area contributed by atoms with Crippen molar-refractivity contribution in [3.05, 3.63) is 102 Å². The molecule has 0 aliphatic rings. The zero-order chi connectivity index (χ0) is 18.5. The van der Waals surface area contributed by atoms with Crippen molar-refractivity contribution < 1.29 is 0 Å². The van der Waals surface area contributed by atoms with Crippen LogP contribution in [0.3, 0.4) is 0 Å². The lowest BCUT2D eigenvalue weighted by Crippen LogP contribution is -2.24. The van der Waals surface area contributed by atoms with Crippen LogP contribution in [-0.4, -0.2) is 19.9 Å². The first kappa shape index (κ1) is 17.3. The first-order valence-corrected chi connectivity index (χ1v) is 9.15. The highest BCUT2D eigenvalue weighted by atomic mass is 15.1. The molecule has 3 aromatic heterocycles. The molecule has 0 aliphatic carbocycles. The van der Waals surface area contributed by atoms with Gasteiger partial charge in [0.25, 0.3) is 0 Å². The highest BCUT2D eigenvalue weighted by Crippen LogP contribution is 2.18. The summed E-state index contributed by atoms with van der Waals surface area (Å²) in [5.74, 6) is 0. The van der Waals surface area contributed by atoms with Gasteiger partial charge in [-0.3, -0.25) is 19.9 Å².